The third-order valence-corrected chi connectivity index (χ3v) is 3.32. The Morgan fingerprint density at radius 3 is 2.53 bits per heavy atom. The molecule has 1 heterocycles. The van der Waals surface area contributed by atoms with Crippen molar-refractivity contribution in [3.63, 3.8) is 0 Å². The summed E-state index contributed by atoms with van der Waals surface area (Å²) in [7, 11) is 0. The zero-order valence-electron chi connectivity index (χ0n) is 10.3. The largest absolute Gasteiger partial charge is 0.481 e. The van der Waals surface area contributed by atoms with Gasteiger partial charge in [-0.3, -0.25) is 9.78 Å². The highest BCUT2D eigenvalue weighted by atomic mass is 35.5. The lowest BCUT2D eigenvalue weighted by atomic mass is 9.94. The normalized spacial score (nSPS) is 12.1. The summed E-state index contributed by atoms with van der Waals surface area (Å²) in [6, 6.07) is 12.8. The van der Waals surface area contributed by atoms with E-state index in [0.29, 0.717) is 17.9 Å². The van der Waals surface area contributed by atoms with E-state index in [4.69, 9.17) is 11.6 Å². The molecular weight excluding hydrogens is 262 g/mol. The minimum absolute atomic E-state index is 0.404. The molecule has 3 nitrogen and oxygen atoms in total. The number of rotatable bonds is 5. The molecule has 98 valence electrons. The van der Waals surface area contributed by atoms with E-state index in [1.165, 1.54) is 0 Å². The van der Waals surface area contributed by atoms with Crippen molar-refractivity contribution in [2.45, 2.75) is 12.8 Å². The molecule has 0 bridgehead atoms. The van der Waals surface area contributed by atoms with Crippen molar-refractivity contribution in [3.05, 3.63) is 64.9 Å². The van der Waals surface area contributed by atoms with Crippen LogP contribution in [-0.4, -0.2) is 16.1 Å². The van der Waals surface area contributed by atoms with E-state index in [-0.39, 0.29) is 0 Å². The average Bonchev–Trinajstić information content (AvgIpc) is 2.41. The van der Waals surface area contributed by atoms with Crippen molar-refractivity contribution < 1.29 is 9.90 Å². The molecule has 2 rings (SSSR count). The van der Waals surface area contributed by atoms with E-state index in [1.54, 1.807) is 12.3 Å². The fraction of sp³-hybridized carbons (Fsp3) is 0.200. The summed E-state index contributed by atoms with van der Waals surface area (Å²) < 4.78 is 0. The van der Waals surface area contributed by atoms with Gasteiger partial charge in [-0.05, 0) is 30.2 Å². The highest BCUT2D eigenvalue weighted by molar-refractivity contribution is 6.31. The fourth-order valence-corrected chi connectivity index (χ4v) is 2.16. The predicted molar refractivity (Wildman–Crippen MR) is 74.2 cm³/mol. The van der Waals surface area contributed by atoms with Gasteiger partial charge in [0.15, 0.2) is 0 Å². The number of halogens is 1. The van der Waals surface area contributed by atoms with E-state index < -0.39 is 11.9 Å². The minimum atomic E-state index is -0.828. The van der Waals surface area contributed by atoms with Crippen molar-refractivity contribution in [1.29, 1.82) is 0 Å². The number of benzene rings is 1. The summed E-state index contributed by atoms with van der Waals surface area (Å²) in [4.78, 5) is 15.5. The summed E-state index contributed by atoms with van der Waals surface area (Å²) in [6.07, 6.45) is 2.48. The van der Waals surface area contributed by atoms with Crippen LogP contribution in [0.5, 0.6) is 0 Å². The molecule has 0 spiro atoms. The van der Waals surface area contributed by atoms with Crippen LogP contribution >= 0.6 is 11.6 Å². The van der Waals surface area contributed by atoms with E-state index in [1.807, 2.05) is 36.4 Å². The molecule has 1 unspecified atom stereocenters. The number of carboxylic acid groups (broad SMARTS) is 1. The van der Waals surface area contributed by atoms with Gasteiger partial charge in [0.25, 0.3) is 0 Å². The maximum absolute atomic E-state index is 11.3. The second-order valence-electron chi connectivity index (χ2n) is 4.36. The van der Waals surface area contributed by atoms with E-state index in [0.717, 1.165) is 11.3 Å². The van der Waals surface area contributed by atoms with Gasteiger partial charge in [-0.15, -0.1) is 0 Å². The van der Waals surface area contributed by atoms with E-state index >= 15 is 0 Å². The van der Waals surface area contributed by atoms with Crippen LogP contribution in [0.4, 0.5) is 0 Å². The van der Waals surface area contributed by atoms with Crippen LogP contribution in [0.25, 0.3) is 0 Å². The average molecular weight is 276 g/mol. The van der Waals surface area contributed by atoms with Crippen molar-refractivity contribution in [1.82, 2.24) is 4.98 Å². The molecule has 2 aromatic rings. The number of aliphatic carboxylic acids is 1. The molecule has 0 fully saturated rings. The number of hydrogen-bond acceptors (Lipinski definition) is 2. The van der Waals surface area contributed by atoms with Crippen LogP contribution < -0.4 is 0 Å². The molecule has 0 aliphatic carbocycles. The van der Waals surface area contributed by atoms with Crippen molar-refractivity contribution in [2.75, 3.05) is 0 Å². The molecule has 1 atom stereocenters. The summed E-state index contributed by atoms with van der Waals surface area (Å²) in [5, 5.41) is 9.92. The van der Waals surface area contributed by atoms with Crippen molar-refractivity contribution in [2.24, 2.45) is 5.92 Å². The quantitative estimate of drug-likeness (QED) is 0.911. The van der Waals surface area contributed by atoms with Crippen molar-refractivity contribution >= 4 is 17.6 Å². The van der Waals surface area contributed by atoms with Crippen LogP contribution in [-0.2, 0) is 17.6 Å². The smallest absolute Gasteiger partial charge is 0.307 e. The Bertz CT molecular complexity index is 557. The van der Waals surface area contributed by atoms with Crippen molar-refractivity contribution in [3.8, 4) is 0 Å². The van der Waals surface area contributed by atoms with Gasteiger partial charge in [0, 0.05) is 23.3 Å². The van der Waals surface area contributed by atoms with E-state index in [2.05, 4.69) is 4.98 Å². The molecule has 0 radical (unpaired) electrons. The van der Waals surface area contributed by atoms with Gasteiger partial charge in [0.2, 0.25) is 0 Å². The monoisotopic (exact) mass is 275 g/mol. The molecule has 1 N–H and O–H groups in total. The lowest BCUT2D eigenvalue weighted by Crippen LogP contribution is -2.19. The molecular formula is C15H14ClNO2. The third-order valence-electron chi connectivity index (χ3n) is 2.96. The zero-order chi connectivity index (χ0) is 13.7. The molecule has 0 saturated heterocycles. The number of carbonyl (C=O) groups is 1. The molecule has 4 heteroatoms. The number of carboxylic acids is 1. The maximum atomic E-state index is 11.3. The minimum Gasteiger partial charge on any atom is -0.481 e. The van der Waals surface area contributed by atoms with Gasteiger partial charge in [-0.1, -0.05) is 35.9 Å². The molecule has 1 aromatic carbocycles. The number of hydrogen-bond donors (Lipinski definition) is 1. The second-order valence-corrected chi connectivity index (χ2v) is 4.76. The summed E-state index contributed by atoms with van der Waals surface area (Å²) in [5.41, 5.74) is 1.63. The fourth-order valence-electron chi connectivity index (χ4n) is 1.95. The Morgan fingerprint density at radius 2 is 1.89 bits per heavy atom. The Labute approximate surface area is 116 Å². The number of nitrogens with zero attached hydrogens (tertiary/aromatic N) is 1. The predicted octanol–water partition coefficient (Wildman–Crippen LogP) is 3.22. The van der Waals surface area contributed by atoms with Gasteiger partial charge >= 0.3 is 5.97 Å². The number of aromatic nitrogens is 1. The molecule has 0 saturated carbocycles. The highest BCUT2D eigenvalue weighted by Crippen LogP contribution is 2.20. The molecule has 1 aromatic heterocycles. The first-order valence-corrected chi connectivity index (χ1v) is 6.40. The van der Waals surface area contributed by atoms with Gasteiger partial charge in [0.1, 0.15) is 0 Å². The van der Waals surface area contributed by atoms with Crippen LogP contribution in [0.1, 0.15) is 11.3 Å². The molecule has 0 aliphatic heterocycles. The van der Waals surface area contributed by atoms with Crippen LogP contribution in [0, 0.1) is 5.92 Å². The van der Waals surface area contributed by atoms with Gasteiger partial charge in [-0.2, -0.15) is 0 Å². The Morgan fingerprint density at radius 1 is 1.16 bits per heavy atom. The summed E-state index contributed by atoms with van der Waals surface area (Å²) in [6.45, 7) is 0. The zero-order valence-corrected chi connectivity index (χ0v) is 11.0. The first kappa shape index (κ1) is 13.6. The first-order chi connectivity index (χ1) is 9.16. The van der Waals surface area contributed by atoms with Gasteiger partial charge in [0.05, 0.1) is 5.92 Å². The van der Waals surface area contributed by atoms with Crippen LogP contribution in [0.2, 0.25) is 5.02 Å². The van der Waals surface area contributed by atoms with Gasteiger partial charge < -0.3 is 5.11 Å². The summed E-state index contributed by atoms with van der Waals surface area (Å²) in [5.74, 6) is -1.35. The topological polar surface area (TPSA) is 50.2 Å². The Hall–Kier alpha value is -1.87. The standard InChI is InChI=1S/C15H14ClNO2/c16-14-7-2-1-5-11(14)9-12(15(18)19)10-13-6-3-4-8-17-13/h1-8,12H,9-10H2,(H,18,19). The summed E-state index contributed by atoms with van der Waals surface area (Å²) >= 11 is 6.07. The van der Waals surface area contributed by atoms with E-state index in [9.17, 15) is 9.90 Å². The highest BCUT2D eigenvalue weighted by Gasteiger charge is 2.20. The number of pyridine rings is 1. The Balaban J connectivity index is 2.13. The molecule has 0 aliphatic rings. The van der Waals surface area contributed by atoms with Gasteiger partial charge in [-0.25, -0.2) is 0 Å². The lowest BCUT2D eigenvalue weighted by Gasteiger charge is -2.12. The second kappa shape index (κ2) is 6.34. The first-order valence-electron chi connectivity index (χ1n) is 6.03. The van der Waals surface area contributed by atoms with Crippen LogP contribution in [0.15, 0.2) is 48.7 Å². The van der Waals surface area contributed by atoms with Crippen LogP contribution in [0.3, 0.4) is 0 Å². The maximum Gasteiger partial charge on any atom is 0.307 e. The lowest BCUT2D eigenvalue weighted by molar-refractivity contribution is -0.141. The third kappa shape index (κ3) is 3.80. The SMILES string of the molecule is O=C(O)C(Cc1ccccn1)Cc1ccccc1Cl. The Kier molecular flexibility index (Phi) is 4.53. The molecule has 19 heavy (non-hydrogen) atoms. The molecule has 0 amide bonds.